The van der Waals surface area contributed by atoms with E-state index in [-0.39, 0.29) is 5.91 Å². The van der Waals surface area contributed by atoms with Gasteiger partial charge in [-0.25, -0.2) is 0 Å². The van der Waals surface area contributed by atoms with Gasteiger partial charge in [0.2, 0.25) is 0 Å². The molecule has 1 aromatic heterocycles. The molecule has 1 aromatic rings. The van der Waals surface area contributed by atoms with Crippen LogP contribution in [0.4, 0.5) is 0 Å². The third-order valence-corrected chi connectivity index (χ3v) is 3.62. The molecule has 1 saturated heterocycles. The average Bonchev–Trinajstić information content (AvgIpc) is 2.93. The van der Waals surface area contributed by atoms with Crippen LogP contribution in [0.3, 0.4) is 0 Å². The van der Waals surface area contributed by atoms with E-state index in [2.05, 4.69) is 10.2 Å². The number of likely N-dealkylation sites (tertiary alicyclic amines) is 1. The molecule has 1 N–H and O–H groups in total. The van der Waals surface area contributed by atoms with Gasteiger partial charge in [-0.2, -0.15) is 0 Å². The molecule has 1 aliphatic heterocycles. The normalized spacial score (nSPS) is 16.5. The van der Waals surface area contributed by atoms with Crippen LogP contribution in [0.15, 0.2) is 16.5 Å². The highest BCUT2D eigenvalue weighted by Gasteiger charge is 2.11. The molecule has 1 fully saturated rings. The number of piperidine rings is 1. The summed E-state index contributed by atoms with van der Waals surface area (Å²) >= 11 is 0. The summed E-state index contributed by atoms with van der Waals surface area (Å²) < 4.78 is 5.42. The fourth-order valence-electron chi connectivity index (χ4n) is 2.46. The van der Waals surface area contributed by atoms with Crippen molar-refractivity contribution in [3.8, 4) is 0 Å². The van der Waals surface area contributed by atoms with Crippen molar-refractivity contribution >= 4 is 5.91 Å². The van der Waals surface area contributed by atoms with Gasteiger partial charge >= 0.3 is 0 Å². The van der Waals surface area contributed by atoms with Gasteiger partial charge in [0, 0.05) is 13.0 Å². The van der Waals surface area contributed by atoms with Gasteiger partial charge in [0.05, 0.1) is 0 Å². The third kappa shape index (κ3) is 4.39. The molecule has 1 amide bonds. The summed E-state index contributed by atoms with van der Waals surface area (Å²) in [5, 5.41) is 2.92. The monoisotopic (exact) mass is 264 g/mol. The maximum atomic E-state index is 11.8. The molecule has 2 heterocycles. The highest BCUT2D eigenvalue weighted by molar-refractivity contribution is 5.91. The lowest BCUT2D eigenvalue weighted by Gasteiger charge is -2.26. The molecule has 0 aromatic carbocycles. The quantitative estimate of drug-likeness (QED) is 0.803. The molecule has 1 aliphatic rings. The van der Waals surface area contributed by atoms with Gasteiger partial charge < -0.3 is 14.6 Å². The maximum absolute atomic E-state index is 11.8. The molecule has 0 bridgehead atoms. The largest absolute Gasteiger partial charge is 0.456 e. The van der Waals surface area contributed by atoms with E-state index in [9.17, 15) is 4.79 Å². The Bertz CT molecular complexity index is 395. The van der Waals surface area contributed by atoms with Crippen LogP contribution in [0.2, 0.25) is 0 Å². The Labute approximate surface area is 115 Å². The molecular formula is C15H24N2O2. The number of amides is 1. The van der Waals surface area contributed by atoms with Crippen LogP contribution >= 0.6 is 0 Å². The van der Waals surface area contributed by atoms with Crippen molar-refractivity contribution in [3.63, 3.8) is 0 Å². The van der Waals surface area contributed by atoms with Crippen molar-refractivity contribution in [3.05, 3.63) is 23.7 Å². The lowest BCUT2D eigenvalue weighted by Crippen LogP contribution is -2.33. The number of nitrogens with one attached hydrogen (secondary N) is 1. The zero-order valence-electron chi connectivity index (χ0n) is 11.8. The van der Waals surface area contributed by atoms with Crippen LogP contribution < -0.4 is 5.32 Å². The van der Waals surface area contributed by atoms with Gasteiger partial charge in [-0.05, 0) is 51.0 Å². The molecule has 2 rings (SSSR count). The maximum Gasteiger partial charge on any atom is 0.286 e. The second-order valence-corrected chi connectivity index (χ2v) is 5.13. The van der Waals surface area contributed by atoms with Gasteiger partial charge in [-0.15, -0.1) is 0 Å². The Morgan fingerprint density at radius 1 is 1.32 bits per heavy atom. The van der Waals surface area contributed by atoms with Gasteiger partial charge in [-0.1, -0.05) is 13.3 Å². The zero-order chi connectivity index (χ0) is 13.5. The fraction of sp³-hybridized carbons (Fsp3) is 0.667. The average molecular weight is 264 g/mol. The SMILES string of the molecule is CCc1ccc(C(=O)NCCCN2CCCCC2)o1. The topological polar surface area (TPSA) is 45.5 Å². The van der Waals surface area contributed by atoms with Crippen molar-refractivity contribution in [1.29, 1.82) is 0 Å². The number of carbonyl (C=O) groups is 1. The van der Waals surface area contributed by atoms with Gasteiger partial charge in [-0.3, -0.25) is 4.79 Å². The van der Waals surface area contributed by atoms with Crippen LogP contribution in [0.5, 0.6) is 0 Å². The number of hydrogen-bond acceptors (Lipinski definition) is 3. The van der Waals surface area contributed by atoms with Gasteiger partial charge in [0.1, 0.15) is 5.76 Å². The molecule has 0 unspecified atom stereocenters. The molecule has 0 radical (unpaired) electrons. The second kappa shape index (κ2) is 7.34. The minimum Gasteiger partial charge on any atom is -0.456 e. The Morgan fingerprint density at radius 3 is 2.79 bits per heavy atom. The van der Waals surface area contributed by atoms with Gasteiger partial charge in [0.15, 0.2) is 5.76 Å². The van der Waals surface area contributed by atoms with Crippen molar-refractivity contribution in [2.45, 2.75) is 39.0 Å². The smallest absolute Gasteiger partial charge is 0.286 e. The first-order chi connectivity index (χ1) is 9.29. The van der Waals surface area contributed by atoms with Crippen molar-refractivity contribution < 1.29 is 9.21 Å². The van der Waals surface area contributed by atoms with Crippen LogP contribution in [-0.4, -0.2) is 37.0 Å². The molecule has 0 saturated carbocycles. The molecular weight excluding hydrogens is 240 g/mol. The van der Waals surface area contributed by atoms with E-state index in [0.29, 0.717) is 5.76 Å². The van der Waals surface area contributed by atoms with Crippen LogP contribution in [0.25, 0.3) is 0 Å². The number of aryl methyl sites for hydroxylation is 1. The number of furan rings is 1. The van der Waals surface area contributed by atoms with E-state index in [1.54, 1.807) is 6.07 Å². The van der Waals surface area contributed by atoms with E-state index < -0.39 is 0 Å². The van der Waals surface area contributed by atoms with Crippen LogP contribution in [0.1, 0.15) is 48.9 Å². The fourth-order valence-corrected chi connectivity index (χ4v) is 2.46. The summed E-state index contributed by atoms with van der Waals surface area (Å²) in [6.07, 6.45) is 5.83. The van der Waals surface area contributed by atoms with E-state index in [0.717, 1.165) is 31.7 Å². The Balaban J connectivity index is 1.63. The van der Waals surface area contributed by atoms with E-state index in [1.807, 2.05) is 13.0 Å². The highest BCUT2D eigenvalue weighted by Crippen LogP contribution is 2.09. The summed E-state index contributed by atoms with van der Waals surface area (Å²) in [4.78, 5) is 14.3. The second-order valence-electron chi connectivity index (χ2n) is 5.13. The minimum absolute atomic E-state index is 0.0988. The molecule has 0 aliphatic carbocycles. The number of hydrogen-bond donors (Lipinski definition) is 1. The first-order valence-corrected chi connectivity index (χ1v) is 7.39. The highest BCUT2D eigenvalue weighted by atomic mass is 16.3. The molecule has 106 valence electrons. The van der Waals surface area contributed by atoms with E-state index in [1.165, 1.54) is 32.4 Å². The first-order valence-electron chi connectivity index (χ1n) is 7.39. The van der Waals surface area contributed by atoms with Crippen molar-refractivity contribution in [1.82, 2.24) is 10.2 Å². The molecule has 4 heteroatoms. The Morgan fingerprint density at radius 2 is 2.11 bits per heavy atom. The number of carbonyl (C=O) groups excluding carboxylic acids is 1. The van der Waals surface area contributed by atoms with Gasteiger partial charge in [0.25, 0.3) is 5.91 Å². The molecule has 0 spiro atoms. The third-order valence-electron chi connectivity index (χ3n) is 3.62. The number of nitrogens with zero attached hydrogens (tertiary/aromatic N) is 1. The summed E-state index contributed by atoms with van der Waals surface area (Å²) in [6, 6.07) is 3.61. The zero-order valence-corrected chi connectivity index (χ0v) is 11.8. The minimum atomic E-state index is -0.0988. The predicted molar refractivity (Wildman–Crippen MR) is 75.3 cm³/mol. The Hall–Kier alpha value is -1.29. The van der Waals surface area contributed by atoms with E-state index in [4.69, 9.17) is 4.42 Å². The first kappa shape index (κ1) is 14.1. The van der Waals surface area contributed by atoms with Crippen molar-refractivity contribution in [2.75, 3.05) is 26.2 Å². The van der Waals surface area contributed by atoms with E-state index >= 15 is 0 Å². The van der Waals surface area contributed by atoms with Crippen LogP contribution in [-0.2, 0) is 6.42 Å². The number of rotatable bonds is 6. The molecule has 0 atom stereocenters. The van der Waals surface area contributed by atoms with Crippen molar-refractivity contribution in [2.24, 2.45) is 0 Å². The summed E-state index contributed by atoms with van der Waals surface area (Å²) in [7, 11) is 0. The summed E-state index contributed by atoms with van der Waals surface area (Å²) in [5.41, 5.74) is 0. The lowest BCUT2D eigenvalue weighted by molar-refractivity contribution is 0.0921. The summed E-state index contributed by atoms with van der Waals surface area (Å²) in [6.45, 7) is 6.24. The Kier molecular flexibility index (Phi) is 5.45. The standard InChI is InChI=1S/C15H24N2O2/c1-2-13-7-8-14(19-13)15(18)16-9-6-12-17-10-4-3-5-11-17/h7-8H,2-6,9-12H2,1H3,(H,16,18). The lowest BCUT2D eigenvalue weighted by atomic mass is 10.1. The predicted octanol–water partition coefficient (Wildman–Crippen LogP) is 2.45. The molecule has 4 nitrogen and oxygen atoms in total. The van der Waals surface area contributed by atoms with Crippen LogP contribution in [0, 0.1) is 0 Å². The summed E-state index contributed by atoms with van der Waals surface area (Å²) in [5.74, 6) is 1.19. The molecule has 19 heavy (non-hydrogen) atoms.